The van der Waals surface area contributed by atoms with Crippen molar-refractivity contribution in [1.29, 1.82) is 0 Å². The predicted molar refractivity (Wildman–Crippen MR) is 156 cm³/mol. The van der Waals surface area contributed by atoms with Gasteiger partial charge in [0.15, 0.2) is 0 Å². The molecule has 37 heavy (non-hydrogen) atoms. The first-order valence-corrected chi connectivity index (χ1v) is 12.6. The monoisotopic (exact) mass is 470 g/mol. The van der Waals surface area contributed by atoms with E-state index in [9.17, 15) is 0 Å². The lowest BCUT2D eigenvalue weighted by atomic mass is 9.91. The molecule has 0 unspecified atom stereocenters. The zero-order valence-electron chi connectivity index (χ0n) is 20.1. The second-order valence-corrected chi connectivity index (χ2v) is 9.63. The van der Waals surface area contributed by atoms with Crippen molar-refractivity contribution < 1.29 is 0 Å². The van der Waals surface area contributed by atoms with E-state index in [4.69, 9.17) is 4.98 Å². The summed E-state index contributed by atoms with van der Waals surface area (Å²) in [6, 6.07) is 45.8. The maximum atomic E-state index is 4.83. The van der Waals surface area contributed by atoms with Gasteiger partial charge in [-0.1, -0.05) is 97.1 Å². The summed E-state index contributed by atoms with van der Waals surface area (Å²) in [5, 5.41) is 6.35. The molecule has 0 atom stereocenters. The van der Waals surface area contributed by atoms with Crippen LogP contribution in [0.2, 0.25) is 0 Å². The minimum absolute atomic E-state index is 0.999. The summed E-state index contributed by atoms with van der Waals surface area (Å²) >= 11 is 0. The Morgan fingerprint density at radius 3 is 2.03 bits per heavy atom. The molecule has 0 amide bonds. The first-order chi connectivity index (χ1) is 18.4. The molecule has 172 valence electrons. The van der Waals surface area contributed by atoms with E-state index in [1.165, 1.54) is 54.7 Å². The largest absolute Gasteiger partial charge is 0.306 e. The number of fused-ring (bicyclic) bond motifs is 8. The van der Waals surface area contributed by atoms with Crippen molar-refractivity contribution in [2.75, 3.05) is 0 Å². The summed E-state index contributed by atoms with van der Waals surface area (Å²) in [4.78, 5) is 4.83. The first kappa shape index (κ1) is 20.3. The number of hydrogen-bond donors (Lipinski definition) is 0. The molecule has 0 aliphatic rings. The topological polar surface area (TPSA) is 17.3 Å². The number of rotatable bonds is 2. The molecular weight excluding hydrogens is 448 g/mol. The summed E-state index contributed by atoms with van der Waals surface area (Å²) in [5.74, 6) is 0. The van der Waals surface area contributed by atoms with Crippen molar-refractivity contribution in [3.63, 3.8) is 0 Å². The Morgan fingerprint density at radius 1 is 0.459 bits per heavy atom. The van der Waals surface area contributed by atoms with Crippen LogP contribution in [0.25, 0.3) is 71.3 Å². The molecule has 6 aromatic carbocycles. The molecule has 0 aliphatic heterocycles. The van der Waals surface area contributed by atoms with Gasteiger partial charge in [-0.15, -0.1) is 0 Å². The average molecular weight is 471 g/mol. The van der Waals surface area contributed by atoms with Crippen molar-refractivity contribution in [3.05, 3.63) is 134 Å². The van der Waals surface area contributed by atoms with Crippen LogP contribution in [-0.4, -0.2) is 9.38 Å². The van der Waals surface area contributed by atoms with Gasteiger partial charge in [-0.3, -0.25) is 4.98 Å². The lowest BCUT2D eigenvalue weighted by Crippen LogP contribution is -1.90. The highest BCUT2D eigenvalue weighted by molar-refractivity contribution is 6.14. The van der Waals surface area contributed by atoms with E-state index in [0.717, 1.165) is 16.6 Å². The van der Waals surface area contributed by atoms with E-state index in [1.807, 2.05) is 12.3 Å². The quantitative estimate of drug-likeness (QED) is 0.230. The highest BCUT2D eigenvalue weighted by Crippen LogP contribution is 2.40. The van der Waals surface area contributed by atoms with Crippen LogP contribution < -0.4 is 0 Å². The van der Waals surface area contributed by atoms with Gasteiger partial charge in [0.2, 0.25) is 0 Å². The summed E-state index contributed by atoms with van der Waals surface area (Å²) in [5.41, 5.74) is 9.35. The maximum Gasteiger partial charge on any atom is 0.0871 e. The van der Waals surface area contributed by atoms with Gasteiger partial charge in [0, 0.05) is 10.9 Å². The Hall–Kier alpha value is -4.95. The lowest BCUT2D eigenvalue weighted by molar-refractivity contribution is 1.27. The Kier molecular flexibility index (Phi) is 4.26. The van der Waals surface area contributed by atoms with E-state index in [0.29, 0.717) is 0 Å². The number of aromatic nitrogens is 2. The van der Waals surface area contributed by atoms with Gasteiger partial charge in [0.05, 0.1) is 28.3 Å². The molecule has 0 spiro atoms. The Morgan fingerprint density at radius 2 is 1.14 bits per heavy atom. The lowest BCUT2D eigenvalue weighted by Gasteiger charge is -2.12. The SMILES string of the molecule is c1cc(-c2cc3ccccc3c3ccccc23)cc(-c2c3ccccc3n3c2cnc2ccccc23)c1. The van der Waals surface area contributed by atoms with Crippen molar-refractivity contribution in [2.24, 2.45) is 0 Å². The van der Waals surface area contributed by atoms with Gasteiger partial charge in [-0.05, 0) is 68.6 Å². The molecule has 0 radical (unpaired) electrons. The predicted octanol–water partition coefficient (Wildman–Crippen LogP) is 9.28. The fraction of sp³-hybridized carbons (Fsp3) is 0. The molecule has 0 saturated heterocycles. The summed E-state index contributed by atoms with van der Waals surface area (Å²) in [6.45, 7) is 0. The van der Waals surface area contributed by atoms with Gasteiger partial charge in [-0.2, -0.15) is 0 Å². The van der Waals surface area contributed by atoms with Crippen LogP contribution in [-0.2, 0) is 0 Å². The van der Waals surface area contributed by atoms with E-state index in [-0.39, 0.29) is 0 Å². The normalized spacial score (nSPS) is 11.8. The number of benzene rings is 6. The Balaban J connectivity index is 1.44. The summed E-state index contributed by atoms with van der Waals surface area (Å²) < 4.78 is 2.35. The van der Waals surface area contributed by atoms with Crippen LogP contribution >= 0.6 is 0 Å². The fourth-order valence-corrected chi connectivity index (χ4v) is 5.97. The van der Waals surface area contributed by atoms with E-state index in [1.54, 1.807) is 0 Å². The first-order valence-electron chi connectivity index (χ1n) is 12.6. The van der Waals surface area contributed by atoms with Gasteiger partial charge in [-0.25, -0.2) is 0 Å². The Labute approximate surface area is 214 Å². The van der Waals surface area contributed by atoms with Gasteiger partial charge < -0.3 is 4.40 Å². The summed E-state index contributed by atoms with van der Waals surface area (Å²) in [7, 11) is 0. The van der Waals surface area contributed by atoms with Crippen molar-refractivity contribution in [3.8, 4) is 22.3 Å². The van der Waals surface area contributed by atoms with E-state index >= 15 is 0 Å². The molecular formula is C35H22N2. The molecule has 2 nitrogen and oxygen atoms in total. The van der Waals surface area contributed by atoms with Crippen molar-refractivity contribution in [1.82, 2.24) is 9.38 Å². The smallest absolute Gasteiger partial charge is 0.0871 e. The third-order valence-corrected chi connectivity index (χ3v) is 7.59. The fourth-order valence-electron chi connectivity index (χ4n) is 5.97. The molecule has 0 saturated carbocycles. The van der Waals surface area contributed by atoms with Crippen LogP contribution in [0.1, 0.15) is 0 Å². The van der Waals surface area contributed by atoms with E-state index < -0.39 is 0 Å². The minimum atomic E-state index is 0.999. The van der Waals surface area contributed by atoms with Crippen molar-refractivity contribution >= 4 is 49.0 Å². The number of para-hydroxylation sites is 3. The van der Waals surface area contributed by atoms with Gasteiger partial charge >= 0.3 is 0 Å². The number of hydrogen-bond acceptors (Lipinski definition) is 1. The summed E-state index contributed by atoms with van der Waals surface area (Å²) in [6.07, 6.45) is 2.02. The molecule has 0 N–H and O–H groups in total. The molecule has 2 heteroatoms. The highest BCUT2D eigenvalue weighted by Gasteiger charge is 2.17. The van der Waals surface area contributed by atoms with Crippen LogP contribution in [0.5, 0.6) is 0 Å². The molecule has 0 aliphatic carbocycles. The third kappa shape index (κ3) is 2.96. The van der Waals surface area contributed by atoms with E-state index in [2.05, 4.69) is 126 Å². The minimum Gasteiger partial charge on any atom is -0.306 e. The molecule has 0 bridgehead atoms. The third-order valence-electron chi connectivity index (χ3n) is 7.59. The van der Waals surface area contributed by atoms with Crippen molar-refractivity contribution in [2.45, 2.75) is 0 Å². The molecule has 0 fully saturated rings. The number of nitrogens with zero attached hydrogens (tertiary/aromatic N) is 2. The average Bonchev–Trinajstić information content (AvgIpc) is 3.32. The zero-order valence-corrected chi connectivity index (χ0v) is 20.1. The van der Waals surface area contributed by atoms with Gasteiger partial charge in [0.25, 0.3) is 0 Å². The molecule has 2 heterocycles. The van der Waals surface area contributed by atoms with Crippen LogP contribution in [0.15, 0.2) is 134 Å². The highest BCUT2D eigenvalue weighted by atomic mass is 14.9. The Bertz CT molecular complexity index is 2150. The molecule has 8 rings (SSSR count). The zero-order chi connectivity index (χ0) is 24.3. The maximum absolute atomic E-state index is 4.83. The van der Waals surface area contributed by atoms with Crippen LogP contribution in [0.4, 0.5) is 0 Å². The second-order valence-electron chi connectivity index (χ2n) is 9.63. The molecule has 8 aromatic rings. The molecule has 2 aromatic heterocycles. The second kappa shape index (κ2) is 7.78. The van der Waals surface area contributed by atoms with Crippen LogP contribution in [0, 0.1) is 0 Å². The van der Waals surface area contributed by atoms with Gasteiger partial charge in [0.1, 0.15) is 0 Å². The standard InChI is InChI=1S/C35H22N2/c1-2-13-26-24(10-1)21-30(28-15-4-3-14-27(26)28)23-11-9-12-25(20-23)35-29-16-5-7-18-32(29)37-33-19-8-6-17-31(33)36-22-34(35)37/h1-22H. The van der Waals surface area contributed by atoms with Crippen LogP contribution in [0.3, 0.4) is 0 Å².